The Balaban J connectivity index is 0.00000294. The van der Waals surface area contributed by atoms with E-state index in [9.17, 15) is 4.79 Å². The normalized spacial score (nSPS) is 16.0. The van der Waals surface area contributed by atoms with Crippen LogP contribution in [0, 0.1) is 12.8 Å². The van der Waals surface area contributed by atoms with Crippen LogP contribution in [0.15, 0.2) is 55.0 Å². The van der Waals surface area contributed by atoms with Gasteiger partial charge in [0.25, 0.3) is 5.91 Å². The quantitative estimate of drug-likeness (QED) is 0.356. The fourth-order valence-electron chi connectivity index (χ4n) is 4.63. The smallest absolute Gasteiger partial charge is 0.251 e. The summed E-state index contributed by atoms with van der Waals surface area (Å²) in [6.07, 6.45) is 9.38. The van der Waals surface area contributed by atoms with E-state index in [2.05, 4.69) is 20.7 Å². The Labute approximate surface area is 216 Å². The number of carbonyl (C=O) groups excluding carboxylic acids is 1. The molecule has 1 saturated carbocycles. The minimum atomic E-state index is -0.0165. The zero-order chi connectivity index (χ0) is 25.2. The molecule has 9 nitrogen and oxygen atoms in total. The van der Waals surface area contributed by atoms with Crippen LogP contribution in [-0.2, 0) is 4.74 Å². The summed E-state index contributed by atoms with van der Waals surface area (Å²) in [4.78, 5) is 21.5. The van der Waals surface area contributed by atoms with Gasteiger partial charge in [0, 0.05) is 56.8 Å². The van der Waals surface area contributed by atoms with Crippen LogP contribution in [0.4, 0.5) is 5.82 Å². The van der Waals surface area contributed by atoms with E-state index >= 15 is 0 Å². The molecule has 37 heavy (non-hydrogen) atoms. The molecule has 4 heterocycles. The average Bonchev–Trinajstić information content (AvgIpc) is 3.63. The maximum Gasteiger partial charge on any atom is 0.251 e. The zero-order valence-electron chi connectivity index (χ0n) is 20.8. The van der Waals surface area contributed by atoms with Crippen LogP contribution in [0.5, 0.6) is 11.6 Å². The zero-order valence-corrected chi connectivity index (χ0v) is 20.8. The number of benzene rings is 1. The van der Waals surface area contributed by atoms with Gasteiger partial charge < -0.3 is 20.1 Å². The number of amides is 1. The molecule has 1 aromatic carbocycles. The molecule has 192 valence electrons. The molecule has 1 aliphatic carbocycles. The highest BCUT2D eigenvalue weighted by Crippen LogP contribution is 2.31. The number of ether oxygens (including phenoxy) is 2. The molecule has 0 unspecified atom stereocenters. The Morgan fingerprint density at radius 1 is 1.14 bits per heavy atom. The topological polar surface area (TPSA) is 103 Å². The molecular weight excluding hydrogens is 468 g/mol. The average molecular weight is 501 g/mol. The summed E-state index contributed by atoms with van der Waals surface area (Å²) in [7, 11) is 0. The lowest BCUT2D eigenvalue weighted by molar-refractivity contribution is 0.0699. The second kappa shape index (κ2) is 10.2. The molecular formula is C28H32N6O3. The molecule has 3 aromatic heterocycles. The fourth-order valence-corrected chi connectivity index (χ4v) is 4.63. The molecule has 1 aliphatic heterocycles. The highest BCUT2D eigenvalue weighted by molar-refractivity contribution is 5.97. The predicted octanol–water partition coefficient (Wildman–Crippen LogP) is 4.87. The van der Waals surface area contributed by atoms with Gasteiger partial charge in [0.1, 0.15) is 11.6 Å². The molecule has 2 fully saturated rings. The number of pyridine rings is 1. The van der Waals surface area contributed by atoms with Crippen molar-refractivity contribution in [2.24, 2.45) is 5.92 Å². The Hall–Kier alpha value is -3.98. The van der Waals surface area contributed by atoms with Crippen LogP contribution < -0.4 is 15.4 Å². The number of carbonyl (C=O) groups is 1. The largest absolute Gasteiger partial charge is 0.439 e. The van der Waals surface area contributed by atoms with Gasteiger partial charge in [-0.25, -0.2) is 0 Å². The monoisotopic (exact) mass is 500 g/mol. The Morgan fingerprint density at radius 3 is 2.70 bits per heavy atom. The second-order valence-electron chi connectivity index (χ2n) is 9.77. The molecule has 0 bridgehead atoms. The minimum absolute atomic E-state index is 0. The number of hydrogen-bond acceptors (Lipinski definition) is 7. The van der Waals surface area contributed by atoms with Crippen molar-refractivity contribution in [2.75, 3.05) is 25.1 Å². The molecule has 2 N–H and O–H groups in total. The van der Waals surface area contributed by atoms with Crippen molar-refractivity contribution in [3.63, 3.8) is 0 Å². The van der Waals surface area contributed by atoms with Crippen LogP contribution in [-0.4, -0.2) is 51.3 Å². The van der Waals surface area contributed by atoms with E-state index in [0.717, 1.165) is 68.0 Å². The molecule has 0 radical (unpaired) electrons. The number of aryl methyl sites for hydroxylation is 1. The van der Waals surface area contributed by atoms with Crippen molar-refractivity contribution in [3.8, 4) is 22.8 Å². The lowest BCUT2D eigenvalue weighted by Crippen LogP contribution is -2.26. The van der Waals surface area contributed by atoms with E-state index in [1.54, 1.807) is 24.5 Å². The lowest BCUT2D eigenvalue weighted by Gasteiger charge is -2.22. The molecule has 0 spiro atoms. The van der Waals surface area contributed by atoms with Gasteiger partial charge in [0.15, 0.2) is 5.65 Å². The Kier molecular flexibility index (Phi) is 6.44. The third kappa shape index (κ3) is 5.27. The fraction of sp³-hybridized carbons (Fsp3) is 0.357. The van der Waals surface area contributed by atoms with Crippen molar-refractivity contribution in [1.29, 1.82) is 0 Å². The van der Waals surface area contributed by atoms with Crippen molar-refractivity contribution in [3.05, 3.63) is 66.1 Å². The van der Waals surface area contributed by atoms with Crippen molar-refractivity contribution >= 4 is 17.4 Å². The first-order chi connectivity index (χ1) is 18.1. The van der Waals surface area contributed by atoms with Gasteiger partial charge in [-0.3, -0.25) is 9.78 Å². The van der Waals surface area contributed by atoms with Crippen LogP contribution in [0.1, 0.15) is 43.0 Å². The number of nitrogens with one attached hydrogen (secondary N) is 2. The summed E-state index contributed by atoms with van der Waals surface area (Å²) in [6, 6.07) is 11.7. The first-order valence-electron chi connectivity index (χ1n) is 12.8. The van der Waals surface area contributed by atoms with Gasteiger partial charge in [-0.1, -0.05) is 12.1 Å². The first-order valence-corrected chi connectivity index (χ1v) is 12.8. The molecule has 1 saturated heterocycles. The third-order valence-electron chi connectivity index (χ3n) is 6.93. The molecule has 2 aliphatic rings. The molecule has 9 heteroatoms. The van der Waals surface area contributed by atoms with Gasteiger partial charge in [-0.2, -0.15) is 14.6 Å². The summed E-state index contributed by atoms with van der Waals surface area (Å²) in [5.41, 5.74) is 4.10. The molecule has 0 atom stereocenters. The molecule has 6 rings (SSSR count). The van der Waals surface area contributed by atoms with E-state index in [1.165, 1.54) is 0 Å². The van der Waals surface area contributed by atoms with Gasteiger partial charge in [-0.05, 0) is 67.9 Å². The summed E-state index contributed by atoms with van der Waals surface area (Å²) in [6.45, 7) is 4.38. The SMILES string of the molecule is Cc1cc(-c2cnn3c(NCC4CCOCC4)cc(Oc4ccncc4)nc23)ccc1C(=O)NC1CC1.[HH]. The maximum absolute atomic E-state index is 12.6. The van der Waals surface area contributed by atoms with Crippen molar-refractivity contribution in [2.45, 2.75) is 38.6 Å². The lowest BCUT2D eigenvalue weighted by atomic mass is 10.0. The van der Waals surface area contributed by atoms with E-state index in [1.807, 2.05) is 41.9 Å². The standard InChI is InChI=1S/C28H30N6O3.H2/c1-18-14-20(2-5-23(18)28(35)32-21-3-4-21)24-17-31-34-25(30-16-19-8-12-36-13-9-19)15-26(33-27(24)34)37-22-6-10-29-11-7-22;/h2,5-7,10-11,14-15,17,19,21,30H,3-4,8-9,12-13,16H2,1H3,(H,32,35);1H. The highest BCUT2D eigenvalue weighted by Gasteiger charge is 2.25. The summed E-state index contributed by atoms with van der Waals surface area (Å²) in [5, 5.41) is 11.3. The van der Waals surface area contributed by atoms with Gasteiger partial charge >= 0.3 is 0 Å². The van der Waals surface area contributed by atoms with Crippen molar-refractivity contribution < 1.29 is 15.7 Å². The molecule has 4 aromatic rings. The number of anilines is 1. The number of aromatic nitrogens is 4. The van der Waals surface area contributed by atoms with Gasteiger partial charge in [0.2, 0.25) is 5.88 Å². The second-order valence-corrected chi connectivity index (χ2v) is 9.77. The number of rotatable bonds is 8. The third-order valence-corrected chi connectivity index (χ3v) is 6.93. The van der Waals surface area contributed by atoms with E-state index < -0.39 is 0 Å². The summed E-state index contributed by atoms with van der Waals surface area (Å²) in [5.74, 6) is 2.45. The van der Waals surface area contributed by atoms with Gasteiger partial charge in [-0.15, -0.1) is 0 Å². The van der Waals surface area contributed by atoms with E-state index in [-0.39, 0.29) is 7.33 Å². The Bertz CT molecular complexity index is 1420. The van der Waals surface area contributed by atoms with Crippen molar-refractivity contribution in [1.82, 2.24) is 24.9 Å². The van der Waals surface area contributed by atoms with Crippen LogP contribution >= 0.6 is 0 Å². The van der Waals surface area contributed by atoms with E-state index in [0.29, 0.717) is 34.8 Å². The van der Waals surface area contributed by atoms with Gasteiger partial charge in [0.05, 0.1) is 6.20 Å². The maximum atomic E-state index is 12.6. The molecule has 1 amide bonds. The highest BCUT2D eigenvalue weighted by atomic mass is 16.5. The first kappa shape index (κ1) is 23.4. The minimum Gasteiger partial charge on any atom is -0.439 e. The van der Waals surface area contributed by atoms with Crippen LogP contribution in [0.3, 0.4) is 0 Å². The van der Waals surface area contributed by atoms with Crippen LogP contribution in [0.25, 0.3) is 16.8 Å². The van der Waals surface area contributed by atoms with E-state index in [4.69, 9.17) is 14.5 Å². The summed E-state index contributed by atoms with van der Waals surface area (Å²) >= 11 is 0. The van der Waals surface area contributed by atoms with Crippen LogP contribution in [0.2, 0.25) is 0 Å². The number of nitrogens with zero attached hydrogens (tertiary/aromatic N) is 4. The number of hydrogen-bond donors (Lipinski definition) is 2. The number of fused-ring (bicyclic) bond motifs is 1. The summed E-state index contributed by atoms with van der Waals surface area (Å²) < 4.78 is 13.4. The predicted molar refractivity (Wildman–Crippen MR) is 142 cm³/mol. The Morgan fingerprint density at radius 2 is 1.95 bits per heavy atom.